The molecule has 2 N–H and O–H groups in total. The van der Waals surface area contributed by atoms with Gasteiger partial charge in [-0.05, 0) is 31.5 Å². The van der Waals surface area contributed by atoms with E-state index >= 15 is 0 Å². The summed E-state index contributed by atoms with van der Waals surface area (Å²) in [7, 11) is 1.64. The van der Waals surface area contributed by atoms with Crippen molar-refractivity contribution in [2.45, 2.75) is 23.4 Å². The van der Waals surface area contributed by atoms with Crippen LogP contribution in [0.15, 0.2) is 22.5 Å². The summed E-state index contributed by atoms with van der Waals surface area (Å²) in [5.41, 5.74) is 1.68. The first-order valence-corrected chi connectivity index (χ1v) is 9.37. The Morgan fingerprint density at radius 2 is 2.25 bits per heavy atom. The highest BCUT2D eigenvalue weighted by Gasteiger charge is 2.18. The number of carbonyl (C=O) groups excluding carboxylic acids is 1. The van der Waals surface area contributed by atoms with E-state index in [-0.39, 0.29) is 11.2 Å². The Hall–Kier alpha value is -1.35. The van der Waals surface area contributed by atoms with Crippen LogP contribution >= 0.6 is 34.7 Å². The maximum atomic E-state index is 12.3. The van der Waals surface area contributed by atoms with Gasteiger partial charge in [0.1, 0.15) is 0 Å². The minimum atomic E-state index is -0.303. The van der Waals surface area contributed by atoms with Gasteiger partial charge in [-0.3, -0.25) is 4.79 Å². The standard InChI is InChI=1S/C15H19ClN4O2S2/c1-9-4-5-11(16)8-12(9)18-13(21)10(2)23-15-20-19-14(24-15)17-6-7-22-3/h4-5,8,10H,6-7H2,1-3H3,(H,17,19)(H,18,21)/t10-/m1/s1. The molecule has 1 atom stereocenters. The van der Waals surface area contributed by atoms with Crippen molar-refractivity contribution in [2.24, 2.45) is 0 Å². The molecule has 1 amide bonds. The van der Waals surface area contributed by atoms with Crippen LogP contribution in [0.1, 0.15) is 12.5 Å². The fourth-order valence-electron chi connectivity index (χ4n) is 1.76. The van der Waals surface area contributed by atoms with Crippen LogP contribution < -0.4 is 10.6 Å². The van der Waals surface area contributed by atoms with Gasteiger partial charge >= 0.3 is 0 Å². The van der Waals surface area contributed by atoms with E-state index < -0.39 is 0 Å². The molecule has 0 aliphatic carbocycles. The van der Waals surface area contributed by atoms with Crippen molar-refractivity contribution in [2.75, 3.05) is 30.9 Å². The molecule has 1 aromatic carbocycles. The van der Waals surface area contributed by atoms with Crippen molar-refractivity contribution < 1.29 is 9.53 Å². The smallest absolute Gasteiger partial charge is 0.237 e. The van der Waals surface area contributed by atoms with Gasteiger partial charge in [0.15, 0.2) is 4.34 Å². The van der Waals surface area contributed by atoms with Gasteiger partial charge in [-0.1, -0.05) is 40.8 Å². The Morgan fingerprint density at radius 3 is 3.00 bits per heavy atom. The zero-order valence-electron chi connectivity index (χ0n) is 13.6. The average molecular weight is 387 g/mol. The molecular weight excluding hydrogens is 368 g/mol. The number of nitrogens with one attached hydrogen (secondary N) is 2. The van der Waals surface area contributed by atoms with Gasteiger partial charge in [0.2, 0.25) is 11.0 Å². The lowest BCUT2D eigenvalue weighted by atomic mass is 10.2. The molecule has 24 heavy (non-hydrogen) atoms. The zero-order chi connectivity index (χ0) is 17.5. The summed E-state index contributed by atoms with van der Waals surface area (Å²) >= 11 is 8.76. The molecule has 9 heteroatoms. The summed E-state index contributed by atoms with van der Waals surface area (Å²) in [5.74, 6) is -0.102. The molecule has 0 bridgehead atoms. The number of aromatic nitrogens is 2. The minimum Gasteiger partial charge on any atom is -0.383 e. The van der Waals surface area contributed by atoms with E-state index in [1.54, 1.807) is 19.2 Å². The number of benzene rings is 1. The number of carbonyl (C=O) groups is 1. The third-order valence-corrected chi connectivity index (χ3v) is 5.39. The molecule has 1 heterocycles. The summed E-state index contributed by atoms with van der Waals surface area (Å²) in [5, 5.41) is 15.1. The summed E-state index contributed by atoms with van der Waals surface area (Å²) in [6, 6.07) is 5.41. The van der Waals surface area contributed by atoms with Gasteiger partial charge in [-0.2, -0.15) is 0 Å². The van der Waals surface area contributed by atoms with Crippen LogP contribution in [-0.2, 0) is 9.53 Å². The number of thioether (sulfide) groups is 1. The molecule has 0 fully saturated rings. The largest absolute Gasteiger partial charge is 0.383 e. The van der Waals surface area contributed by atoms with E-state index in [1.165, 1.54) is 23.1 Å². The molecule has 2 aromatic rings. The van der Waals surface area contributed by atoms with Crippen molar-refractivity contribution in [3.05, 3.63) is 28.8 Å². The maximum Gasteiger partial charge on any atom is 0.237 e. The fraction of sp³-hybridized carbons (Fsp3) is 0.400. The molecule has 0 saturated heterocycles. The van der Waals surface area contributed by atoms with E-state index in [0.29, 0.717) is 23.3 Å². The Balaban J connectivity index is 1.90. The minimum absolute atomic E-state index is 0.102. The lowest BCUT2D eigenvalue weighted by Gasteiger charge is -2.12. The van der Waals surface area contributed by atoms with Gasteiger partial charge in [0.05, 0.1) is 11.9 Å². The number of halogens is 1. The van der Waals surface area contributed by atoms with Crippen LogP contribution in [0.25, 0.3) is 0 Å². The Bertz CT molecular complexity index is 696. The van der Waals surface area contributed by atoms with Crippen molar-refractivity contribution in [1.82, 2.24) is 10.2 Å². The van der Waals surface area contributed by atoms with Crippen LogP contribution in [-0.4, -0.2) is 41.6 Å². The first-order chi connectivity index (χ1) is 11.5. The lowest BCUT2D eigenvalue weighted by molar-refractivity contribution is -0.115. The van der Waals surface area contributed by atoms with E-state index in [9.17, 15) is 4.79 Å². The number of amides is 1. The first-order valence-electron chi connectivity index (χ1n) is 7.29. The van der Waals surface area contributed by atoms with E-state index in [1.807, 2.05) is 19.9 Å². The zero-order valence-corrected chi connectivity index (χ0v) is 16.0. The molecule has 2 rings (SSSR count). The second-order valence-electron chi connectivity index (χ2n) is 5.00. The number of ether oxygens (including phenoxy) is 1. The van der Waals surface area contributed by atoms with Crippen molar-refractivity contribution in [1.29, 1.82) is 0 Å². The number of aryl methyl sites for hydroxylation is 1. The van der Waals surface area contributed by atoms with Crippen molar-refractivity contribution in [3.63, 3.8) is 0 Å². The second-order valence-corrected chi connectivity index (χ2v) is 8.00. The van der Waals surface area contributed by atoms with Crippen LogP contribution in [0.2, 0.25) is 5.02 Å². The highest BCUT2D eigenvalue weighted by molar-refractivity contribution is 8.02. The van der Waals surface area contributed by atoms with E-state index in [0.717, 1.165) is 15.6 Å². The molecule has 130 valence electrons. The summed E-state index contributed by atoms with van der Waals surface area (Å²) < 4.78 is 5.70. The number of hydrogen-bond donors (Lipinski definition) is 2. The third kappa shape index (κ3) is 5.62. The maximum absolute atomic E-state index is 12.3. The van der Waals surface area contributed by atoms with Crippen LogP contribution in [0, 0.1) is 6.92 Å². The molecule has 1 aromatic heterocycles. The van der Waals surface area contributed by atoms with E-state index in [4.69, 9.17) is 16.3 Å². The average Bonchev–Trinajstić information content (AvgIpc) is 2.98. The van der Waals surface area contributed by atoms with Crippen molar-refractivity contribution >= 4 is 51.4 Å². The van der Waals surface area contributed by atoms with Gasteiger partial charge in [-0.25, -0.2) is 0 Å². The first kappa shape index (κ1) is 19.0. The number of anilines is 2. The molecule has 0 radical (unpaired) electrons. The number of rotatable bonds is 8. The fourth-order valence-corrected chi connectivity index (χ4v) is 3.85. The highest BCUT2D eigenvalue weighted by Crippen LogP contribution is 2.30. The molecule has 0 saturated carbocycles. The summed E-state index contributed by atoms with van der Waals surface area (Å²) in [6.07, 6.45) is 0. The molecular formula is C15H19ClN4O2S2. The summed E-state index contributed by atoms with van der Waals surface area (Å²) in [6.45, 7) is 5.02. The Morgan fingerprint density at radius 1 is 1.46 bits per heavy atom. The number of hydrogen-bond acceptors (Lipinski definition) is 7. The monoisotopic (exact) mass is 386 g/mol. The van der Waals surface area contributed by atoms with Crippen LogP contribution in [0.5, 0.6) is 0 Å². The molecule has 0 aliphatic heterocycles. The van der Waals surface area contributed by atoms with Gasteiger partial charge in [-0.15, -0.1) is 10.2 Å². The van der Waals surface area contributed by atoms with Gasteiger partial charge < -0.3 is 15.4 Å². The molecule has 0 aliphatic rings. The van der Waals surface area contributed by atoms with Crippen LogP contribution in [0.4, 0.5) is 10.8 Å². The van der Waals surface area contributed by atoms with Gasteiger partial charge in [0.25, 0.3) is 0 Å². The predicted molar refractivity (Wildman–Crippen MR) is 100 cm³/mol. The highest BCUT2D eigenvalue weighted by atomic mass is 35.5. The summed E-state index contributed by atoms with van der Waals surface area (Å²) in [4.78, 5) is 12.3. The second kappa shape index (κ2) is 9.22. The molecule has 6 nitrogen and oxygen atoms in total. The normalized spacial score (nSPS) is 12.0. The third-order valence-electron chi connectivity index (χ3n) is 3.09. The topological polar surface area (TPSA) is 76.1 Å². The van der Waals surface area contributed by atoms with E-state index in [2.05, 4.69) is 20.8 Å². The van der Waals surface area contributed by atoms with Crippen LogP contribution in [0.3, 0.4) is 0 Å². The number of methoxy groups -OCH3 is 1. The Labute approximate surface area is 154 Å². The lowest BCUT2D eigenvalue weighted by Crippen LogP contribution is -2.22. The predicted octanol–water partition coefficient (Wildman–Crippen LogP) is 3.68. The quantitative estimate of drug-likeness (QED) is 0.532. The van der Waals surface area contributed by atoms with Gasteiger partial charge in [0, 0.05) is 24.4 Å². The Kier molecular flexibility index (Phi) is 7.29. The molecule has 0 spiro atoms. The number of nitrogens with zero attached hydrogens (tertiary/aromatic N) is 2. The molecule has 0 unspecified atom stereocenters. The van der Waals surface area contributed by atoms with Crippen molar-refractivity contribution in [3.8, 4) is 0 Å². The SMILES string of the molecule is COCCNc1nnc(S[C@H](C)C(=O)Nc2cc(Cl)ccc2C)s1.